The van der Waals surface area contributed by atoms with Crippen molar-refractivity contribution >= 4 is 50.1 Å². The van der Waals surface area contributed by atoms with Crippen molar-refractivity contribution in [3.05, 3.63) is 69.9 Å². The fraction of sp³-hybridized carbons (Fsp3) is 0.0556. The Balaban J connectivity index is 1.75. The van der Waals surface area contributed by atoms with E-state index in [0.29, 0.717) is 22.0 Å². The summed E-state index contributed by atoms with van der Waals surface area (Å²) in [5.74, 6) is -0.146. The maximum Gasteiger partial charge on any atom is 0.291 e. The van der Waals surface area contributed by atoms with Crippen LogP contribution in [0.3, 0.4) is 0 Å². The lowest BCUT2D eigenvalue weighted by molar-refractivity contribution is 0.0998. The number of carbonyl (C=O) groups excluding carboxylic acids is 1. The third kappa shape index (κ3) is 2.89. The van der Waals surface area contributed by atoms with Crippen LogP contribution in [0.25, 0.3) is 16.7 Å². The van der Waals surface area contributed by atoms with E-state index in [1.54, 1.807) is 23.1 Å². The van der Waals surface area contributed by atoms with Gasteiger partial charge in [-0.3, -0.25) is 4.79 Å². The molecule has 0 radical (unpaired) electrons. The Hall–Kier alpha value is -2.64. The number of para-hydroxylation sites is 1. The standard InChI is InChI=1S/C18H12BrClN4O2/c1-10-12-3-2-4-13(20)17(12)26-16(10)18(25)23-14-7-11(19)5-6-15(14)24-9-21-8-22-24/h2-9H,1H3,(H,23,25). The minimum Gasteiger partial charge on any atom is -0.449 e. The molecule has 8 heteroatoms. The van der Waals surface area contributed by atoms with Gasteiger partial charge < -0.3 is 9.73 Å². The van der Waals surface area contributed by atoms with Crippen molar-refractivity contribution in [3.63, 3.8) is 0 Å². The number of fused-ring (bicyclic) bond motifs is 1. The van der Waals surface area contributed by atoms with Crippen LogP contribution in [0.4, 0.5) is 5.69 Å². The molecule has 4 rings (SSSR count). The van der Waals surface area contributed by atoms with Crippen LogP contribution in [0.15, 0.2) is 57.9 Å². The summed E-state index contributed by atoms with van der Waals surface area (Å²) in [5, 5.41) is 8.28. The highest BCUT2D eigenvalue weighted by Crippen LogP contribution is 2.32. The Kier molecular flexibility index (Phi) is 4.26. The highest BCUT2D eigenvalue weighted by atomic mass is 79.9. The van der Waals surface area contributed by atoms with Gasteiger partial charge in [-0.05, 0) is 31.2 Å². The number of nitrogens with one attached hydrogen (secondary N) is 1. The van der Waals surface area contributed by atoms with E-state index in [2.05, 4.69) is 31.3 Å². The minimum atomic E-state index is -0.366. The van der Waals surface area contributed by atoms with E-state index in [1.165, 1.54) is 6.33 Å². The first-order chi connectivity index (χ1) is 12.5. The lowest BCUT2D eigenvalue weighted by Gasteiger charge is -2.11. The number of halogens is 2. The molecule has 0 saturated carbocycles. The minimum absolute atomic E-state index is 0.220. The fourth-order valence-electron chi connectivity index (χ4n) is 2.75. The topological polar surface area (TPSA) is 73.0 Å². The first kappa shape index (κ1) is 16.8. The zero-order chi connectivity index (χ0) is 18.3. The van der Waals surface area contributed by atoms with Crippen LogP contribution in [-0.2, 0) is 0 Å². The van der Waals surface area contributed by atoms with Gasteiger partial charge in [0.25, 0.3) is 5.91 Å². The molecule has 6 nitrogen and oxygen atoms in total. The van der Waals surface area contributed by atoms with E-state index in [9.17, 15) is 4.79 Å². The van der Waals surface area contributed by atoms with Crippen LogP contribution in [0, 0.1) is 6.92 Å². The first-order valence-electron chi connectivity index (χ1n) is 7.68. The second-order valence-corrected chi connectivity index (χ2v) is 6.95. The van der Waals surface area contributed by atoms with Gasteiger partial charge in [0, 0.05) is 15.4 Å². The average molecular weight is 432 g/mol. The normalized spacial score (nSPS) is 11.0. The van der Waals surface area contributed by atoms with E-state index in [4.69, 9.17) is 16.0 Å². The van der Waals surface area contributed by atoms with Gasteiger partial charge in [-0.2, -0.15) is 5.10 Å². The van der Waals surface area contributed by atoms with Crippen molar-refractivity contribution in [2.24, 2.45) is 0 Å². The van der Waals surface area contributed by atoms with Gasteiger partial charge in [0.15, 0.2) is 11.3 Å². The predicted octanol–water partition coefficient (Wildman–Crippen LogP) is 4.99. The van der Waals surface area contributed by atoms with Gasteiger partial charge in [-0.1, -0.05) is 39.7 Å². The molecule has 4 aromatic rings. The Morgan fingerprint density at radius 3 is 2.88 bits per heavy atom. The van der Waals surface area contributed by atoms with E-state index in [0.717, 1.165) is 15.4 Å². The van der Waals surface area contributed by atoms with E-state index in [1.807, 2.05) is 31.2 Å². The molecule has 130 valence electrons. The number of amides is 1. The summed E-state index contributed by atoms with van der Waals surface area (Å²) in [6, 6.07) is 10.9. The second kappa shape index (κ2) is 6.59. The van der Waals surface area contributed by atoms with E-state index >= 15 is 0 Å². The summed E-state index contributed by atoms with van der Waals surface area (Å²) in [7, 11) is 0. The lowest BCUT2D eigenvalue weighted by Crippen LogP contribution is -2.14. The molecule has 0 bridgehead atoms. The molecule has 0 aliphatic carbocycles. The van der Waals surface area contributed by atoms with Crippen LogP contribution in [-0.4, -0.2) is 20.7 Å². The molecular weight excluding hydrogens is 420 g/mol. The summed E-state index contributed by atoms with van der Waals surface area (Å²) in [6.07, 6.45) is 2.99. The van der Waals surface area contributed by atoms with Crippen LogP contribution in [0.1, 0.15) is 16.1 Å². The largest absolute Gasteiger partial charge is 0.449 e. The molecular formula is C18H12BrClN4O2. The van der Waals surface area contributed by atoms with Gasteiger partial charge in [0.1, 0.15) is 12.7 Å². The number of rotatable bonds is 3. The van der Waals surface area contributed by atoms with Gasteiger partial charge in [-0.15, -0.1) is 0 Å². The lowest BCUT2D eigenvalue weighted by atomic mass is 10.1. The molecule has 0 aliphatic heterocycles. The molecule has 26 heavy (non-hydrogen) atoms. The van der Waals surface area contributed by atoms with Crippen molar-refractivity contribution in [2.75, 3.05) is 5.32 Å². The van der Waals surface area contributed by atoms with Crippen molar-refractivity contribution < 1.29 is 9.21 Å². The summed E-state index contributed by atoms with van der Waals surface area (Å²) < 4.78 is 8.13. The quantitative estimate of drug-likeness (QED) is 0.496. The number of anilines is 1. The van der Waals surface area contributed by atoms with Crippen molar-refractivity contribution in [1.29, 1.82) is 0 Å². The average Bonchev–Trinajstić information content (AvgIpc) is 3.25. The third-order valence-electron chi connectivity index (χ3n) is 3.99. The maximum atomic E-state index is 12.8. The predicted molar refractivity (Wildman–Crippen MR) is 103 cm³/mol. The molecule has 2 heterocycles. The number of carbonyl (C=O) groups is 1. The number of benzene rings is 2. The van der Waals surface area contributed by atoms with Crippen molar-refractivity contribution in [2.45, 2.75) is 6.92 Å². The number of nitrogens with zero attached hydrogens (tertiary/aromatic N) is 3. The van der Waals surface area contributed by atoms with Crippen molar-refractivity contribution in [1.82, 2.24) is 14.8 Å². The Morgan fingerprint density at radius 2 is 2.15 bits per heavy atom. The zero-order valence-electron chi connectivity index (χ0n) is 13.5. The van der Waals surface area contributed by atoms with Crippen molar-refractivity contribution in [3.8, 4) is 5.69 Å². The molecule has 0 atom stereocenters. The third-order valence-corrected chi connectivity index (χ3v) is 4.79. The number of furan rings is 1. The van der Waals surface area contributed by atoms with E-state index in [-0.39, 0.29) is 11.7 Å². The second-order valence-electron chi connectivity index (χ2n) is 5.63. The molecule has 1 N–H and O–H groups in total. The zero-order valence-corrected chi connectivity index (χ0v) is 15.9. The van der Waals surface area contributed by atoms with Gasteiger partial charge in [0.2, 0.25) is 0 Å². The highest BCUT2D eigenvalue weighted by molar-refractivity contribution is 9.10. The summed E-state index contributed by atoms with van der Waals surface area (Å²) >= 11 is 9.59. The molecule has 0 aliphatic rings. The van der Waals surface area contributed by atoms with Crippen LogP contribution in [0.5, 0.6) is 0 Å². The SMILES string of the molecule is Cc1c(C(=O)Nc2cc(Br)ccc2-n2cncn2)oc2c(Cl)cccc12. The molecule has 1 amide bonds. The summed E-state index contributed by atoms with van der Waals surface area (Å²) in [5.41, 5.74) is 2.49. The van der Waals surface area contributed by atoms with Gasteiger partial charge in [0.05, 0.1) is 16.4 Å². The highest BCUT2D eigenvalue weighted by Gasteiger charge is 2.20. The maximum absolute atomic E-state index is 12.8. The molecule has 0 saturated heterocycles. The number of hydrogen-bond acceptors (Lipinski definition) is 4. The van der Waals surface area contributed by atoms with Crippen LogP contribution in [0.2, 0.25) is 5.02 Å². The fourth-order valence-corrected chi connectivity index (χ4v) is 3.32. The number of aromatic nitrogens is 3. The summed E-state index contributed by atoms with van der Waals surface area (Å²) in [4.78, 5) is 16.8. The monoisotopic (exact) mass is 430 g/mol. The Labute approximate surface area is 161 Å². The first-order valence-corrected chi connectivity index (χ1v) is 8.85. The molecule has 0 spiro atoms. The Bertz CT molecular complexity index is 1120. The molecule has 2 aromatic carbocycles. The van der Waals surface area contributed by atoms with E-state index < -0.39 is 0 Å². The molecule has 2 aromatic heterocycles. The number of hydrogen-bond donors (Lipinski definition) is 1. The molecule has 0 fully saturated rings. The molecule has 0 unspecified atom stereocenters. The smallest absolute Gasteiger partial charge is 0.291 e. The van der Waals surface area contributed by atoms with Crippen LogP contribution >= 0.6 is 27.5 Å². The van der Waals surface area contributed by atoms with Gasteiger partial charge >= 0.3 is 0 Å². The number of aryl methyl sites for hydroxylation is 1. The Morgan fingerprint density at radius 1 is 1.31 bits per heavy atom. The van der Waals surface area contributed by atoms with Gasteiger partial charge in [-0.25, -0.2) is 9.67 Å². The van der Waals surface area contributed by atoms with Crippen LogP contribution < -0.4 is 5.32 Å². The summed E-state index contributed by atoms with van der Waals surface area (Å²) in [6.45, 7) is 1.83.